The van der Waals surface area contributed by atoms with Crippen molar-refractivity contribution in [2.75, 3.05) is 19.7 Å². The van der Waals surface area contributed by atoms with Crippen LogP contribution in [0.5, 0.6) is 0 Å². The Balaban J connectivity index is 2.04. The third-order valence-electron chi connectivity index (χ3n) is 2.89. The van der Waals surface area contributed by atoms with Crippen LogP contribution >= 0.6 is 0 Å². The van der Waals surface area contributed by atoms with E-state index in [1.165, 1.54) is 0 Å². The largest absolute Gasteiger partial charge is 0.417 e. The number of aromatic nitrogens is 2. The highest BCUT2D eigenvalue weighted by atomic mass is 16.5. The number of carbonyl (C=O) groups excluding carboxylic acids is 1. The molecule has 2 rings (SSSR count). The Morgan fingerprint density at radius 1 is 1.47 bits per heavy atom. The Kier molecular flexibility index (Phi) is 3.99. The number of hydrogen-bond donors (Lipinski definition) is 0. The summed E-state index contributed by atoms with van der Waals surface area (Å²) in [4.78, 5) is 13.9. The molecular formula is C13H19N3O3. The predicted molar refractivity (Wildman–Crippen MR) is 68.8 cm³/mol. The molecule has 6 heteroatoms. The lowest BCUT2D eigenvalue weighted by Gasteiger charge is -2.37. The second-order valence-electron chi connectivity index (χ2n) is 5.11. The van der Waals surface area contributed by atoms with Crippen molar-refractivity contribution in [2.45, 2.75) is 32.8 Å². The van der Waals surface area contributed by atoms with Gasteiger partial charge in [-0.3, -0.25) is 4.79 Å². The molecule has 0 radical (unpaired) electrons. The van der Waals surface area contributed by atoms with Crippen molar-refractivity contribution in [1.29, 1.82) is 0 Å². The monoisotopic (exact) mass is 265 g/mol. The summed E-state index contributed by atoms with van der Waals surface area (Å²) in [5.74, 6) is 0.279. The molecule has 1 aliphatic heterocycles. The van der Waals surface area contributed by atoms with Crippen LogP contribution in [0, 0.1) is 0 Å². The van der Waals surface area contributed by atoms with E-state index >= 15 is 0 Å². The van der Waals surface area contributed by atoms with Crippen molar-refractivity contribution < 1.29 is 13.9 Å². The zero-order chi connectivity index (χ0) is 13.9. The van der Waals surface area contributed by atoms with Crippen molar-refractivity contribution in [2.24, 2.45) is 0 Å². The number of allylic oxidation sites excluding steroid dienone is 2. The molecule has 1 fully saturated rings. The molecule has 0 spiro atoms. The fraction of sp³-hybridized carbons (Fsp3) is 0.615. The Hall–Kier alpha value is -1.69. The summed E-state index contributed by atoms with van der Waals surface area (Å²) in [6, 6.07) is 0. The Morgan fingerprint density at radius 3 is 2.95 bits per heavy atom. The first-order valence-corrected chi connectivity index (χ1v) is 6.38. The first-order valence-electron chi connectivity index (χ1n) is 6.38. The van der Waals surface area contributed by atoms with Gasteiger partial charge >= 0.3 is 11.8 Å². The lowest BCUT2D eigenvalue weighted by molar-refractivity contribution is -0.0770. The van der Waals surface area contributed by atoms with Gasteiger partial charge in [-0.1, -0.05) is 12.2 Å². The number of ether oxygens (including phenoxy) is 1. The van der Waals surface area contributed by atoms with Crippen LogP contribution in [-0.4, -0.2) is 46.3 Å². The van der Waals surface area contributed by atoms with E-state index in [4.69, 9.17) is 9.15 Å². The lowest BCUT2D eigenvalue weighted by atomic mass is 10.1. The molecule has 0 atom stereocenters. The summed E-state index contributed by atoms with van der Waals surface area (Å²) >= 11 is 0. The molecule has 0 unspecified atom stereocenters. The van der Waals surface area contributed by atoms with Gasteiger partial charge in [0.15, 0.2) is 0 Å². The predicted octanol–water partition coefficient (Wildman–Crippen LogP) is 1.44. The fourth-order valence-corrected chi connectivity index (χ4v) is 1.97. The summed E-state index contributed by atoms with van der Waals surface area (Å²) in [5, 5.41) is 7.67. The standard InChI is InChI=1S/C13H19N3O3/c1-4-5-6-10-14-15-11(19-10)12(17)16-7-8-18-13(2,3)9-16/h4-5H,6-9H2,1-3H3/b5-4+. The third kappa shape index (κ3) is 3.41. The van der Waals surface area contributed by atoms with Crippen LogP contribution < -0.4 is 0 Å². The van der Waals surface area contributed by atoms with Crippen LogP contribution in [0.4, 0.5) is 0 Å². The quantitative estimate of drug-likeness (QED) is 0.773. The number of hydrogen-bond acceptors (Lipinski definition) is 5. The molecule has 2 heterocycles. The van der Waals surface area contributed by atoms with E-state index in [1.54, 1.807) is 4.90 Å². The topological polar surface area (TPSA) is 68.5 Å². The van der Waals surface area contributed by atoms with Gasteiger partial charge in [0.05, 0.1) is 12.2 Å². The molecule has 6 nitrogen and oxygen atoms in total. The average molecular weight is 265 g/mol. The molecule has 0 N–H and O–H groups in total. The molecule has 1 aliphatic rings. The second-order valence-corrected chi connectivity index (χ2v) is 5.11. The molecule has 1 aromatic rings. The van der Waals surface area contributed by atoms with E-state index in [0.717, 1.165) is 0 Å². The summed E-state index contributed by atoms with van der Waals surface area (Å²) < 4.78 is 10.9. The summed E-state index contributed by atoms with van der Waals surface area (Å²) in [5.41, 5.74) is -0.332. The van der Waals surface area contributed by atoms with Gasteiger partial charge in [-0.15, -0.1) is 10.2 Å². The Morgan fingerprint density at radius 2 is 2.26 bits per heavy atom. The summed E-state index contributed by atoms with van der Waals surface area (Å²) in [6.45, 7) is 7.43. The smallest absolute Gasteiger partial charge is 0.311 e. The van der Waals surface area contributed by atoms with E-state index in [9.17, 15) is 4.79 Å². The van der Waals surface area contributed by atoms with Gasteiger partial charge in [-0.05, 0) is 20.8 Å². The first kappa shape index (κ1) is 13.7. The van der Waals surface area contributed by atoms with Crippen molar-refractivity contribution in [3.8, 4) is 0 Å². The molecular weight excluding hydrogens is 246 g/mol. The number of nitrogens with zero attached hydrogens (tertiary/aromatic N) is 3. The van der Waals surface area contributed by atoms with Gasteiger partial charge in [-0.2, -0.15) is 0 Å². The molecule has 1 amide bonds. The van der Waals surface area contributed by atoms with Crippen molar-refractivity contribution in [1.82, 2.24) is 15.1 Å². The minimum absolute atomic E-state index is 0.0530. The molecule has 0 saturated carbocycles. The number of amides is 1. The van der Waals surface area contributed by atoms with E-state index in [1.807, 2.05) is 32.9 Å². The van der Waals surface area contributed by atoms with E-state index in [2.05, 4.69) is 10.2 Å². The maximum atomic E-state index is 12.2. The molecule has 19 heavy (non-hydrogen) atoms. The Bertz CT molecular complexity index is 479. The van der Waals surface area contributed by atoms with Crippen LogP contribution in [-0.2, 0) is 11.2 Å². The SMILES string of the molecule is C/C=C/Cc1nnc(C(=O)N2CCOC(C)(C)C2)o1. The summed E-state index contributed by atoms with van der Waals surface area (Å²) in [7, 11) is 0. The van der Waals surface area contributed by atoms with Gasteiger partial charge in [0, 0.05) is 19.5 Å². The highest BCUT2D eigenvalue weighted by Gasteiger charge is 2.32. The minimum Gasteiger partial charge on any atom is -0.417 e. The van der Waals surface area contributed by atoms with Crippen molar-refractivity contribution >= 4 is 5.91 Å². The molecule has 0 aliphatic carbocycles. The minimum atomic E-state index is -0.332. The fourth-order valence-electron chi connectivity index (χ4n) is 1.97. The third-order valence-corrected chi connectivity index (χ3v) is 2.89. The molecule has 1 aromatic heterocycles. The number of rotatable bonds is 3. The van der Waals surface area contributed by atoms with Crippen LogP contribution in [0.1, 0.15) is 37.3 Å². The second kappa shape index (κ2) is 5.52. The highest BCUT2D eigenvalue weighted by Crippen LogP contribution is 2.18. The maximum absolute atomic E-state index is 12.2. The highest BCUT2D eigenvalue weighted by molar-refractivity contribution is 5.89. The van der Waals surface area contributed by atoms with Crippen LogP contribution in [0.3, 0.4) is 0 Å². The van der Waals surface area contributed by atoms with E-state index in [0.29, 0.717) is 32.0 Å². The van der Waals surface area contributed by atoms with Crippen molar-refractivity contribution in [3.05, 3.63) is 23.9 Å². The van der Waals surface area contributed by atoms with E-state index in [-0.39, 0.29) is 17.4 Å². The van der Waals surface area contributed by atoms with Crippen LogP contribution in [0.25, 0.3) is 0 Å². The molecule has 1 saturated heterocycles. The molecule has 0 bridgehead atoms. The van der Waals surface area contributed by atoms with Gasteiger partial charge in [0.2, 0.25) is 5.89 Å². The maximum Gasteiger partial charge on any atom is 0.311 e. The summed E-state index contributed by atoms with van der Waals surface area (Å²) in [6.07, 6.45) is 4.35. The molecule has 104 valence electrons. The normalized spacial score (nSPS) is 19.0. The van der Waals surface area contributed by atoms with E-state index < -0.39 is 0 Å². The van der Waals surface area contributed by atoms with Gasteiger partial charge < -0.3 is 14.1 Å². The van der Waals surface area contributed by atoms with Crippen LogP contribution in [0.2, 0.25) is 0 Å². The molecule has 0 aromatic carbocycles. The number of morpholine rings is 1. The van der Waals surface area contributed by atoms with Crippen molar-refractivity contribution in [3.63, 3.8) is 0 Å². The van der Waals surface area contributed by atoms with Gasteiger partial charge in [-0.25, -0.2) is 0 Å². The first-order chi connectivity index (χ1) is 9.02. The lowest BCUT2D eigenvalue weighted by Crippen LogP contribution is -2.50. The van der Waals surface area contributed by atoms with Crippen LogP contribution in [0.15, 0.2) is 16.6 Å². The zero-order valence-electron chi connectivity index (χ0n) is 11.5. The average Bonchev–Trinajstić information content (AvgIpc) is 2.83. The Labute approximate surface area is 112 Å². The zero-order valence-corrected chi connectivity index (χ0v) is 11.5. The van der Waals surface area contributed by atoms with Gasteiger partial charge in [0.1, 0.15) is 0 Å². The van der Waals surface area contributed by atoms with Gasteiger partial charge in [0.25, 0.3) is 0 Å². The number of carbonyl (C=O) groups is 1.